The SMILES string of the molecule is N#C/C(=C\c1ccc(-c2ccccc2F)o1)c1nn(CCO)c(N)c1C#N. The molecule has 2 heterocycles. The van der Waals surface area contributed by atoms with E-state index in [1.54, 1.807) is 30.3 Å². The standard InChI is InChI=1S/C19H14FN5O2/c20-16-4-2-1-3-14(16)17-6-5-13(27-17)9-12(10-21)18-15(11-22)19(23)25(24-18)7-8-26/h1-6,9,26H,7-8,23H2/b12-9+. The highest BCUT2D eigenvalue weighted by molar-refractivity contribution is 5.90. The number of rotatable bonds is 5. The fourth-order valence-corrected chi connectivity index (χ4v) is 2.57. The van der Waals surface area contributed by atoms with Crippen molar-refractivity contribution in [2.24, 2.45) is 0 Å². The van der Waals surface area contributed by atoms with Gasteiger partial charge in [0.25, 0.3) is 0 Å². The molecule has 0 atom stereocenters. The summed E-state index contributed by atoms with van der Waals surface area (Å²) >= 11 is 0. The van der Waals surface area contributed by atoms with Crippen molar-refractivity contribution < 1.29 is 13.9 Å². The van der Waals surface area contributed by atoms with Crippen molar-refractivity contribution in [3.05, 3.63) is 59.2 Å². The van der Waals surface area contributed by atoms with E-state index in [-0.39, 0.29) is 35.8 Å². The van der Waals surface area contributed by atoms with Crippen molar-refractivity contribution in [3.63, 3.8) is 0 Å². The predicted molar refractivity (Wildman–Crippen MR) is 96.0 cm³/mol. The number of hydrogen-bond donors (Lipinski definition) is 2. The number of halogens is 1. The van der Waals surface area contributed by atoms with Crippen molar-refractivity contribution in [1.29, 1.82) is 10.5 Å². The lowest BCUT2D eigenvalue weighted by molar-refractivity contribution is 0.270. The third-order valence-corrected chi connectivity index (χ3v) is 3.84. The van der Waals surface area contributed by atoms with Crippen LogP contribution < -0.4 is 5.73 Å². The van der Waals surface area contributed by atoms with Gasteiger partial charge in [-0.05, 0) is 24.3 Å². The lowest BCUT2D eigenvalue weighted by atomic mass is 10.1. The van der Waals surface area contributed by atoms with Crippen molar-refractivity contribution in [2.75, 3.05) is 12.3 Å². The molecule has 1 aromatic carbocycles. The van der Waals surface area contributed by atoms with Crippen LogP contribution in [0.5, 0.6) is 0 Å². The van der Waals surface area contributed by atoms with E-state index in [9.17, 15) is 14.9 Å². The molecule has 7 nitrogen and oxygen atoms in total. The van der Waals surface area contributed by atoms with Crippen LogP contribution in [0.2, 0.25) is 0 Å². The molecule has 8 heteroatoms. The first-order valence-corrected chi connectivity index (χ1v) is 7.93. The summed E-state index contributed by atoms with van der Waals surface area (Å²) in [4.78, 5) is 0. The van der Waals surface area contributed by atoms with E-state index in [1.165, 1.54) is 16.8 Å². The van der Waals surface area contributed by atoms with Gasteiger partial charge in [0.2, 0.25) is 0 Å². The van der Waals surface area contributed by atoms with Gasteiger partial charge in [-0.1, -0.05) is 12.1 Å². The molecule has 0 aliphatic rings. The van der Waals surface area contributed by atoms with Crippen molar-refractivity contribution in [2.45, 2.75) is 6.54 Å². The van der Waals surface area contributed by atoms with Gasteiger partial charge >= 0.3 is 0 Å². The lowest BCUT2D eigenvalue weighted by Crippen LogP contribution is -2.07. The Morgan fingerprint density at radius 1 is 1.30 bits per heavy atom. The summed E-state index contributed by atoms with van der Waals surface area (Å²) < 4.78 is 20.7. The molecule has 0 saturated heterocycles. The van der Waals surface area contributed by atoms with E-state index < -0.39 is 5.82 Å². The molecular weight excluding hydrogens is 349 g/mol. The molecule has 3 N–H and O–H groups in total. The van der Waals surface area contributed by atoms with Gasteiger partial charge in [0.05, 0.1) is 24.3 Å². The number of nitrogens with zero attached hydrogens (tertiary/aromatic N) is 4. The highest BCUT2D eigenvalue weighted by Crippen LogP contribution is 2.28. The van der Waals surface area contributed by atoms with Crippen LogP contribution in [0, 0.1) is 28.5 Å². The highest BCUT2D eigenvalue weighted by atomic mass is 19.1. The second-order valence-corrected chi connectivity index (χ2v) is 5.52. The zero-order valence-electron chi connectivity index (χ0n) is 14.1. The first-order valence-electron chi connectivity index (χ1n) is 7.93. The van der Waals surface area contributed by atoms with Gasteiger partial charge in [0.1, 0.15) is 46.6 Å². The lowest BCUT2D eigenvalue weighted by Gasteiger charge is -1.99. The second-order valence-electron chi connectivity index (χ2n) is 5.52. The Hall–Kier alpha value is -3.88. The number of nitriles is 2. The summed E-state index contributed by atoms with van der Waals surface area (Å²) in [7, 11) is 0. The first-order chi connectivity index (χ1) is 13.1. The number of nitrogens with two attached hydrogens (primary N) is 1. The van der Waals surface area contributed by atoms with Gasteiger partial charge in [0, 0.05) is 6.08 Å². The number of aliphatic hydroxyl groups excluding tert-OH is 1. The largest absolute Gasteiger partial charge is 0.457 e. The number of anilines is 1. The molecule has 3 rings (SSSR count). The van der Waals surface area contributed by atoms with Gasteiger partial charge in [-0.3, -0.25) is 0 Å². The Labute approximate surface area is 154 Å². The molecule has 0 amide bonds. The van der Waals surface area contributed by atoms with Gasteiger partial charge in [-0.25, -0.2) is 9.07 Å². The average Bonchev–Trinajstić information content (AvgIpc) is 3.25. The summed E-state index contributed by atoms with van der Waals surface area (Å²) in [6.45, 7) is -0.122. The summed E-state index contributed by atoms with van der Waals surface area (Å²) in [5.74, 6) is 0.241. The minimum atomic E-state index is -0.426. The van der Waals surface area contributed by atoms with E-state index in [2.05, 4.69) is 5.10 Å². The van der Waals surface area contributed by atoms with Gasteiger partial charge in [0.15, 0.2) is 0 Å². The molecule has 0 bridgehead atoms. The van der Waals surface area contributed by atoms with Crippen molar-refractivity contribution >= 4 is 17.5 Å². The van der Waals surface area contributed by atoms with E-state index >= 15 is 0 Å². The number of furan rings is 1. The van der Waals surface area contributed by atoms with Gasteiger partial charge < -0.3 is 15.3 Å². The minimum Gasteiger partial charge on any atom is -0.457 e. The molecular formula is C19H14FN5O2. The van der Waals surface area contributed by atoms with Crippen LogP contribution in [0.15, 0.2) is 40.8 Å². The second kappa shape index (κ2) is 7.56. The average molecular weight is 363 g/mol. The van der Waals surface area contributed by atoms with Crippen LogP contribution in [-0.2, 0) is 6.54 Å². The van der Waals surface area contributed by atoms with Crippen molar-refractivity contribution in [1.82, 2.24) is 9.78 Å². The molecule has 134 valence electrons. The number of aromatic nitrogens is 2. The van der Waals surface area contributed by atoms with Crippen LogP contribution in [-0.4, -0.2) is 21.5 Å². The number of nitrogen functional groups attached to an aromatic ring is 1. The van der Waals surface area contributed by atoms with Crippen LogP contribution in [0.3, 0.4) is 0 Å². The molecule has 3 aromatic rings. The summed E-state index contributed by atoms with van der Waals surface area (Å²) in [5.41, 5.74) is 6.34. The molecule has 0 aliphatic carbocycles. The minimum absolute atomic E-state index is 0.0390. The van der Waals surface area contributed by atoms with Gasteiger partial charge in [-0.15, -0.1) is 0 Å². The molecule has 0 spiro atoms. The van der Waals surface area contributed by atoms with E-state index in [0.29, 0.717) is 17.1 Å². The molecule has 2 aromatic heterocycles. The van der Waals surface area contributed by atoms with Crippen LogP contribution >= 0.6 is 0 Å². The summed E-state index contributed by atoms with van der Waals surface area (Å²) in [6, 6.07) is 13.2. The molecule has 0 radical (unpaired) electrons. The zero-order chi connectivity index (χ0) is 19.4. The van der Waals surface area contributed by atoms with Crippen molar-refractivity contribution in [3.8, 4) is 23.5 Å². The molecule has 0 fully saturated rings. The fourth-order valence-electron chi connectivity index (χ4n) is 2.57. The Balaban J connectivity index is 2.02. The maximum absolute atomic E-state index is 13.9. The predicted octanol–water partition coefficient (Wildman–Crippen LogP) is 2.79. The Morgan fingerprint density at radius 3 is 2.74 bits per heavy atom. The van der Waals surface area contributed by atoms with E-state index in [4.69, 9.17) is 15.3 Å². The maximum Gasteiger partial charge on any atom is 0.140 e. The normalized spacial score (nSPS) is 11.2. The van der Waals surface area contributed by atoms with E-state index in [0.717, 1.165) is 0 Å². The Kier molecular flexibility index (Phi) is 5.02. The number of hydrogen-bond acceptors (Lipinski definition) is 6. The van der Waals surface area contributed by atoms with Gasteiger partial charge in [-0.2, -0.15) is 15.6 Å². The Bertz CT molecular complexity index is 1100. The van der Waals surface area contributed by atoms with E-state index in [1.807, 2.05) is 12.1 Å². The number of allylic oxidation sites excluding steroid dienone is 1. The fraction of sp³-hybridized carbons (Fsp3) is 0.105. The zero-order valence-corrected chi connectivity index (χ0v) is 14.1. The maximum atomic E-state index is 13.9. The first kappa shape index (κ1) is 17.9. The molecule has 0 unspecified atom stereocenters. The molecule has 0 saturated carbocycles. The quantitative estimate of drug-likeness (QED) is 0.672. The molecule has 0 aliphatic heterocycles. The van der Waals surface area contributed by atoms with Crippen LogP contribution in [0.1, 0.15) is 17.0 Å². The third kappa shape index (κ3) is 3.43. The van der Waals surface area contributed by atoms with Crippen LogP contribution in [0.4, 0.5) is 10.2 Å². The number of benzene rings is 1. The topological polar surface area (TPSA) is 125 Å². The smallest absolute Gasteiger partial charge is 0.140 e. The molecule has 27 heavy (non-hydrogen) atoms. The highest BCUT2D eigenvalue weighted by Gasteiger charge is 2.19. The monoisotopic (exact) mass is 363 g/mol. The summed E-state index contributed by atoms with van der Waals surface area (Å²) in [5, 5.41) is 32.0. The number of aliphatic hydroxyl groups is 1. The Morgan fingerprint density at radius 2 is 2.07 bits per heavy atom. The summed E-state index contributed by atoms with van der Waals surface area (Å²) in [6.07, 6.45) is 1.40. The third-order valence-electron chi connectivity index (χ3n) is 3.84. The van der Waals surface area contributed by atoms with Crippen LogP contribution in [0.25, 0.3) is 23.0 Å².